The second-order valence-electron chi connectivity index (χ2n) is 9.70. The van der Waals surface area contributed by atoms with Crippen LogP contribution in [0.1, 0.15) is 18.5 Å². The van der Waals surface area contributed by atoms with Gasteiger partial charge in [0, 0.05) is 42.2 Å². The Morgan fingerprint density at radius 2 is 2.00 bits per heavy atom. The molecule has 0 atom stereocenters. The van der Waals surface area contributed by atoms with E-state index < -0.39 is 0 Å². The van der Waals surface area contributed by atoms with Crippen LogP contribution in [0.25, 0.3) is 21.8 Å². The van der Waals surface area contributed by atoms with Crippen LogP contribution in [-0.4, -0.2) is 65.8 Å². The molecule has 2 aromatic heterocycles. The number of likely N-dealkylation sites (tertiary alicyclic amines) is 1. The molecule has 1 amide bonds. The van der Waals surface area contributed by atoms with Gasteiger partial charge in [-0.05, 0) is 43.7 Å². The van der Waals surface area contributed by atoms with Crippen molar-refractivity contribution in [1.82, 2.24) is 19.9 Å². The average molecular weight is 489 g/mol. The SMILES string of the molecule is COc1cc2c(Oc3ccc4[nH]c(C)cc4c3)ncnc2cc1OCCCC(=O)N1CC2(COC2)C1. The minimum absolute atomic E-state index is 0.170. The van der Waals surface area contributed by atoms with E-state index in [-0.39, 0.29) is 11.3 Å². The highest BCUT2D eigenvalue weighted by molar-refractivity contribution is 5.87. The van der Waals surface area contributed by atoms with Gasteiger partial charge in [-0.2, -0.15) is 0 Å². The van der Waals surface area contributed by atoms with E-state index in [4.69, 9.17) is 18.9 Å². The molecule has 2 aromatic carbocycles. The van der Waals surface area contributed by atoms with Crippen LogP contribution in [0.3, 0.4) is 0 Å². The van der Waals surface area contributed by atoms with E-state index in [1.165, 1.54) is 6.33 Å². The normalized spacial score (nSPS) is 16.1. The van der Waals surface area contributed by atoms with Crippen molar-refractivity contribution < 1.29 is 23.7 Å². The molecule has 4 heterocycles. The van der Waals surface area contributed by atoms with Crippen molar-refractivity contribution in [1.29, 1.82) is 0 Å². The molecule has 186 valence electrons. The topological polar surface area (TPSA) is 98.8 Å². The van der Waals surface area contributed by atoms with E-state index in [0.29, 0.717) is 53.5 Å². The Bertz CT molecular complexity index is 1440. The lowest BCUT2D eigenvalue weighted by Gasteiger charge is -2.55. The van der Waals surface area contributed by atoms with Gasteiger partial charge in [0.1, 0.15) is 12.1 Å². The molecule has 0 unspecified atom stereocenters. The largest absolute Gasteiger partial charge is 0.493 e. The number of aromatic amines is 1. The monoisotopic (exact) mass is 488 g/mol. The number of H-pyrrole nitrogens is 1. The number of ether oxygens (including phenoxy) is 4. The maximum atomic E-state index is 12.4. The number of hydrogen-bond donors (Lipinski definition) is 1. The molecule has 2 aliphatic rings. The molecule has 1 N–H and O–H groups in total. The van der Waals surface area contributed by atoms with Gasteiger partial charge in [0.05, 0.1) is 43.2 Å². The number of aromatic nitrogens is 3. The quantitative estimate of drug-likeness (QED) is 0.371. The van der Waals surface area contributed by atoms with E-state index in [1.54, 1.807) is 7.11 Å². The molecule has 0 saturated carbocycles. The van der Waals surface area contributed by atoms with Crippen molar-refractivity contribution in [2.24, 2.45) is 5.41 Å². The van der Waals surface area contributed by atoms with Gasteiger partial charge in [-0.3, -0.25) is 4.79 Å². The molecule has 36 heavy (non-hydrogen) atoms. The van der Waals surface area contributed by atoms with Crippen molar-refractivity contribution in [2.45, 2.75) is 19.8 Å². The first-order valence-corrected chi connectivity index (χ1v) is 12.1. The molecule has 6 rings (SSSR count). The van der Waals surface area contributed by atoms with Gasteiger partial charge in [0.25, 0.3) is 0 Å². The first-order valence-electron chi connectivity index (χ1n) is 12.1. The Morgan fingerprint density at radius 1 is 1.14 bits per heavy atom. The number of benzene rings is 2. The van der Waals surface area contributed by atoms with E-state index in [2.05, 4.69) is 21.0 Å². The number of fused-ring (bicyclic) bond motifs is 2. The van der Waals surface area contributed by atoms with Gasteiger partial charge < -0.3 is 28.8 Å². The van der Waals surface area contributed by atoms with Gasteiger partial charge in [-0.25, -0.2) is 9.97 Å². The maximum Gasteiger partial charge on any atom is 0.230 e. The lowest BCUT2D eigenvalue weighted by Crippen LogP contribution is -2.67. The highest BCUT2D eigenvalue weighted by Gasteiger charge is 2.50. The number of carbonyl (C=O) groups is 1. The van der Waals surface area contributed by atoms with E-state index >= 15 is 0 Å². The van der Waals surface area contributed by atoms with Crippen molar-refractivity contribution >= 4 is 27.7 Å². The lowest BCUT2D eigenvalue weighted by molar-refractivity contribution is -0.195. The van der Waals surface area contributed by atoms with E-state index in [1.807, 2.05) is 42.2 Å². The first-order chi connectivity index (χ1) is 17.5. The summed E-state index contributed by atoms with van der Waals surface area (Å²) in [4.78, 5) is 26.4. The smallest absolute Gasteiger partial charge is 0.230 e. The standard InChI is InChI=1S/C27H28N4O5/c1-17-8-18-9-19(5-6-21(18)30-17)36-26-20-10-23(33-2)24(11-22(20)28-16-29-26)35-7-3-4-25(32)31-12-27(13-31)14-34-15-27/h5-6,8-11,16,30H,3-4,7,12-15H2,1-2H3. The van der Waals surface area contributed by atoms with Gasteiger partial charge >= 0.3 is 0 Å². The first kappa shape index (κ1) is 22.6. The number of carbonyl (C=O) groups excluding carboxylic acids is 1. The maximum absolute atomic E-state index is 12.4. The summed E-state index contributed by atoms with van der Waals surface area (Å²) < 4.78 is 23.0. The molecular weight excluding hydrogens is 460 g/mol. The van der Waals surface area contributed by atoms with E-state index in [9.17, 15) is 4.79 Å². The Hall–Kier alpha value is -3.85. The number of amides is 1. The van der Waals surface area contributed by atoms with Crippen molar-refractivity contribution in [3.8, 4) is 23.1 Å². The molecule has 0 bridgehead atoms. The van der Waals surface area contributed by atoms with Gasteiger partial charge in [0.2, 0.25) is 11.8 Å². The minimum Gasteiger partial charge on any atom is -0.493 e. The van der Waals surface area contributed by atoms with Gasteiger partial charge in [-0.15, -0.1) is 0 Å². The van der Waals surface area contributed by atoms with Crippen LogP contribution in [0.4, 0.5) is 0 Å². The molecule has 9 heteroatoms. The summed E-state index contributed by atoms with van der Waals surface area (Å²) in [6, 6.07) is 11.6. The van der Waals surface area contributed by atoms with Crippen molar-refractivity contribution in [2.75, 3.05) is 40.0 Å². The number of hydrogen-bond acceptors (Lipinski definition) is 7. The van der Waals surface area contributed by atoms with Crippen LogP contribution in [0.5, 0.6) is 23.1 Å². The van der Waals surface area contributed by atoms with Crippen LogP contribution in [0.15, 0.2) is 42.7 Å². The zero-order chi connectivity index (χ0) is 24.7. The fourth-order valence-corrected chi connectivity index (χ4v) is 4.90. The summed E-state index contributed by atoms with van der Waals surface area (Å²) in [5, 5.41) is 1.79. The third-order valence-corrected chi connectivity index (χ3v) is 6.84. The molecule has 4 aromatic rings. The molecule has 2 aliphatic heterocycles. The number of nitrogens with one attached hydrogen (secondary N) is 1. The third kappa shape index (κ3) is 4.19. The van der Waals surface area contributed by atoms with Crippen LogP contribution >= 0.6 is 0 Å². The summed E-state index contributed by atoms with van der Waals surface area (Å²) in [7, 11) is 1.59. The number of aryl methyl sites for hydroxylation is 1. The van der Waals surface area contributed by atoms with Crippen LogP contribution in [-0.2, 0) is 9.53 Å². The van der Waals surface area contributed by atoms with Crippen molar-refractivity contribution in [3.05, 3.63) is 48.4 Å². The van der Waals surface area contributed by atoms with Gasteiger partial charge in [0.15, 0.2) is 11.5 Å². The van der Waals surface area contributed by atoms with E-state index in [0.717, 1.165) is 42.9 Å². The summed E-state index contributed by atoms with van der Waals surface area (Å²) in [5.41, 5.74) is 3.07. The third-order valence-electron chi connectivity index (χ3n) is 6.84. The van der Waals surface area contributed by atoms with Gasteiger partial charge in [-0.1, -0.05) is 0 Å². The summed E-state index contributed by atoms with van der Waals surface area (Å²) >= 11 is 0. The summed E-state index contributed by atoms with van der Waals surface area (Å²) in [6.07, 6.45) is 2.55. The molecule has 9 nitrogen and oxygen atoms in total. The Morgan fingerprint density at radius 3 is 2.78 bits per heavy atom. The number of methoxy groups -OCH3 is 1. The molecule has 1 spiro atoms. The molecule has 0 aliphatic carbocycles. The van der Waals surface area contributed by atoms with Crippen LogP contribution in [0, 0.1) is 12.3 Å². The Balaban J connectivity index is 1.12. The zero-order valence-corrected chi connectivity index (χ0v) is 20.4. The second kappa shape index (κ2) is 8.98. The molecular formula is C27H28N4O5. The number of nitrogens with zero attached hydrogens (tertiary/aromatic N) is 3. The minimum atomic E-state index is 0.170. The Kier molecular flexibility index (Phi) is 5.64. The van der Waals surface area contributed by atoms with Crippen molar-refractivity contribution in [3.63, 3.8) is 0 Å². The van der Waals surface area contributed by atoms with Crippen LogP contribution < -0.4 is 14.2 Å². The molecule has 2 fully saturated rings. The predicted octanol–water partition coefficient (Wildman–Crippen LogP) is 4.24. The predicted molar refractivity (Wildman–Crippen MR) is 134 cm³/mol. The molecule has 2 saturated heterocycles. The van der Waals surface area contributed by atoms with Crippen LogP contribution in [0.2, 0.25) is 0 Å². The fraction of sp³-hybridized carbons (Fsp3) is 0.370. The number of rotatable bonds is 8. The summed E-state index contributed by atoms with van der Waals surface area (Å²) in [5.74, 6) is 2.42. The highest BCUT2D eigenvalue weighted by atomic mass is 16.5. The Labute approximate surface area is 208 Å². The average Bonchev–Trinajstić information content (AvgIpc) is 3.19. The summed E-state index contributed by atoms with van der Waals surface area (Å²) in [6.45, 7) is 5.61. The molecule has 0 radical (unpaired) electrons. The second-order valence-corrected chi connectivity index (χ2v) is 9.70. The highest BCUT2D eigenvalue weighted by Crippen LogP contribution is 2.38. The fourth-order valence-electron chi connectivity index (χ4n) is 4.90. The zero-order valence-electron chi connectivity index (χ0n) is 20.4. The lowest BCUT2D eigenvalue weighted by atomic mass is 9.78.